The molecular weight excluding hydrogens is 356 g/mol. The molecule has 4 aromatic rings. The standard InChI is InChI=1S/C20H16N6O2/c21-7-6-20(10-25(11-20)19(27)28)26-9-15(13-3-1-2-4-16(13)26)17-14-5-8-22-18(14)24-12-23-17/h1-5,8-9,12H,6,10-11H2,(H,27,28)(H,22,23,24). The average Bonchev–Trinajstić information content (AvgIpc) is 3.29. The summed E-state index contributed by atoms with van der Waals surface area (Å²) in [5.41, 5.74) is 2.89. The summed E-state index contributed by atoms with van der Waals surface area (Å²) < 4.78 is 2.06. The number of hydrogen-bond donors (Lipinski definition) is 2. The molecule has 5 rings (SSSR count). The minimum atomic E-state index is -0.963. The number of H-pyrrole nitrogens is 1. The average molecular weight is 372 g/mol. The zero-order chi connectivity index (χ0) is 19.3. The van der Waals surface area contributed by atoms with E-state index in [1.807, 2.05) is 42.7 Å². The van der Waals surface area contributed by atoms with Crippen molar-refractivity contribution in [3.8, 4) is 17.3 Å². The Morgan fingerprint density at radius 3 is 2.86 bits per heavy atom. The summed E-state index contributed by atoms with van der Waals surface area (Å²) >= 11 is 0. The summed E-state index contributed by atoms with van der Waals surface area (Å²) in [6.07, 6.45) is 4.63. The Morgan fingerprint density at radius 2 is 2.07 bits per heavy atom. The Morgan fingerprint density at radius 1 is 1.25 bits per heavy atom. The monoisotopic (exact) mass is 372 g/mol. The lowest BCUT2D eigenvalue weighted by Crippen LogP contribution is -2.63. The van der Waals surface area contributed by atoms with E-state index < -0.39 is 11.6 Å². The predicted octanol–water partition coefficient (Wildman–Crippen LogP) is 3.18. The Bertz CT molecular complexity index is 1260. The van der Waals surface area contributed by atoms with E-state index in [0.29, 0.717) is 0 Å². The number of rotatable bonds is 3. The van der Waals surface area contributed by atoms with Gasteiger partial charge in [-0.2, -0.15) is 5.26 Å². The van der Waals surface area contributed by atoms with Crippen molar-refractivity contribution in [3.05, 3.63) is 49.1 Å². The number of aromatic amines is 1. The van der Waals surface area contributed by atoms with E-state index in [9.17, 15) is 15.2 Å². The smallest absolute Gasteiger partial charge is 0.407 e. The van der Waals surface area contributed by atoms with Gasteiger partial charge in [-0.1, -0.05) is 18.2 Å². The molecule has 8 heteroatoms. The maximum absolute atomic E-state index is 11.3. The van der Waals surface area contributed by atoms with Gasteiger partial charge >= 0.3 is 6.09 Å². The van der Waals surface area contributed by atoms with Crippen molar-refractivity contribution in [2.75, 3.05) is 13.1 Å². The van der Waals surface area contributed by atoms with Crippen LogP contribution in [0.3, 0.4) is 0 Å². The Kier molecular flexibility index (Phi) is 3.39. The molecule has 0 unspecified atom stereocenters. The predicted molar refractivity (Wildman–Crippen MR) is 103 cm³/mol. The molecule has 0 spiro atoms. The number of nitrogens with zero attached hydrogens (tertiary/aromatic N) is 5. The van der Waals surface area contributed by atoms with E-state index in [1.165, 1.54) is 11.2 Å². The number of amides is 1. The van der Waals surface area contributed by atoms with Crippen LogP contribution in [0, 0.1) is 11.3 Å². The van der Waals surface area contributed by atoms with Gasteiger partial charge in [0.1, 0.15) is 12.0 Å². The fourth-order valence-electron chi connectivity index (χ4n) is 4.14. The molecule has 1 saturated heterocycles. The number of nitriles is 1. The number of para-hydroxylation sites is 1. The van der Waals surface area contributed by atoms with Crippen LogP contribution in [0.15, 0.2) is 49.1 Å². The molecule has 1 aliphatic heterocycles. The molecule has 0 aliphatic carbocycles. The lowest BCUT2D eigenvalue weighted by Gasteiger charge is -2.48. The van der Waals surface area contributed by atoms with E-state index in [1.54, 1.807) is 0 Å². The Hall–Kier alpha value is -3.86. The zero-order valence-corrected chi connectivity index (χ0v) is 14.8. The first-order valence-corrected chi connectivity index (χ1v) is 8.87. The number of carbonyl (C=O) groups is 1. The molecule has 1 amide bonds. The van der Waals surface area contributed by atoms with Crippen LogP contribution < -0.4 is 0 Å². The highest BCUT2D eigenvalue weighted by atomic mass is 16.4. The summed E-state index contributed by atoms with van der Waals surface area (Å²) in [5.74, 6) is 0. The third-order valence-electron chi connectivity index (χ3n) is 5.48. The zero-order valence-electron chi connectivity index (χ0n) is 14.8. The summed E-state index contributed by atoms with van der Waals surface area (Å²) in [6, 6.07) is 12.1. The number of aromatic nitrogens is 4. The Balaban J connectivity index is 1.73. The molecule has 0 bridgehead atoms. The van der Waals surface area contributed by atoms with E-state index in [0.717, 1.165) is 33.2 Å². The van der Waals surface area contributed by atoms with Gasteiger partial charge in [-0.05, 0) is 12.1 Å². The second kappa shape index (κ2) is 5.82. The third kappa shape index (κ3) is 2.19. The second-order valence-corrected chi connectivity index (χ2v) is 7.09. The number of hydrogen-bond acceptors (Lipinski definition) is 4. The number of carboxylic acid groups (broad SMARTS) is 1. The first-order valence-electron chi connectivity index (χ1n) is 8.87. The van der Waals surface area contributed by atoms with Crippen LogP contribution in [0.1, 0.15) is 6.42 Å². The van der Waals surface area contributed by atoms with Gasteiger partial charge in [-0.15, -0.1) is 0 Å². The van der Waals surface area contributed by atoms with Crippen LogP contribution in [-0.2, 0) is 5.54 Å². The normalized spacial score (nSPS) is 15.5. The lowest BCUT2D eigenvalue weighted by atomic mass is 9.86. The van der Waals surface area contributed by atoms with Gasteiger partial charge < -0.3 is 19.6 Å². The summed E-state index contributed by atoms with van der Waals surface area (Å²) in [7, 11) is 0. The van der Waals surface area contributed by atoms with Crippen LogP contribution >= 0.6 is 0 Å². The maximum atomic E-state index is 11.3. The SMILES string of the molecule is N#CCC1(n2cc(-c3ncnc4[nH]ccc34)c3ccccc32)CN(C(=O)O)C1. The van der Waals surface area contributed by atoms with Gasteiger partial charge in [-0.3, -0.25) is 0 Å². The number of nitrogens with one attached hydrogen (secondary N) is 1. The number of fused-ring (bicyclic) bond motifs is 2. The molecular formula is C20H16N6O2. The molecule has 1 fully saturated rings. The van der Waals surface area contributed by atoms with E-state index >= 15 is 0 Å². The summed E-state index contributed by atoms with van der Waals surface area (Å²) in [6.45, 7) is 0.578. The molecule has 1 aromatic carbocycles. The molecule has 3 aromatic heterocycles. The van der Waals surface area contributed by atoms with Gasteiger partial charge in [0.2, 0.25) is 0 Å². The van der Waals surface area contributed by atoms with Crippen LogP contribution in [0.4, 0.5) is 4.79 Å². The van der Waals surface area contributed by atoms with Crippen molar-refractivity contribution >= 4 is 28.0 Å². The number of benzene rings is 1. The fourth-order valence-corrected chi connectivity index (χ4v) is 4.14. The van der Waals surface area contributed by atoms with Crippen LogP contribution in [-0.4, -0.2) is 48.7 Å². The minimum absolute atomic E-state index is 0.234. The van der Waals surface area contributed by atoms with Gasteiger partial charge in [0.15, 0.2) is 0 Å². The van der Waals surface area contributed by atoms with Crippen LogP contribution in [0.2, 0.25) is 0 Å². The molecule has 4 heterocycles. The fraction of sp³-hybridized carbons (Fsp3) is 0.200. The number of likely N-dealkylation sites (tertiary alicyclic amines) is 1. The van der Waals surface area contributed by atoms with Gasteiger partial charge in [-0.25, -0.2) is 14.8 Å². The molecule has 0 atom stereocenters. The van der Waals surface area contributed by atoms with E-state index in [-0.39, 0.29) is 19.5 Å². The summed E-state index contributed by atoms with van der Waals surface area (Å²) in [5, 5.41) is 20.6. The highest BCUT2D eigenvalue weighted by molar-refractivity contribution is 6.02. The third-order valence-corrected chi connectivity index (χ3v) is 5.48. The van der Waals surface area contributed by atoms with E-state index in [4.69, 9.17) is 0 Å². The van der Waals surface area contributed by atoms with Crippen molar-refractivity contribution in [2.24, 2.45) is 0 Å². The van der Waals surface area contributed by atoms with Crippen LogP contribution in [0.25, 0.3) is 33.2 Å². The molecule has 1 aliphatic rings. The van der Waals surface area contributed by atoms with Gasteiger partial charge in [0.25, 0.3) is 0 Å². The topological polar surface area (TPSA) is 111 Å². The molecule has 138 valence electrons. The molecule has 0 saturated carbocycles. The van der Waals surface area contributed by atoms with Gasteiger partial charge in [0.05, 0.1) is 36.8 Å². The second-order valence-electron chi connectivity index (χ2n) is 7.09. The Labute approximate surface area is 159 Å². The van der Waals surface area contributed by atoms with Crippen molar-refractivity contribution in [1.82, 2.24) is 24.4 Å². The minimum Gasteiger partial charge on any atom is -0.465 e. The maximum Gasteiger partial charge on any atom is 0.407 e. The van der Waals surface area contributed by atoms with Crippen molar-refractivity contribution in [2.45, 2.75) is 12.0 Å². The highest BCUT2D eigenvalue weighted by Crippen LogP contribution is 2.40. The highest BCUT2D eigenvalue weighted by Gasteiger charge is 2.47. The molecule has 28 heavy (non-hydrogen) atoms. The first-order chi connectivity index (χ1) is 13.6. The molecule has 0 radical (unpaired) electrons. The first kappa shape index (κ1) is 16.3. The lowest BCUT2D eigenvalue weighted by molar-refractivity contribution is 0.0244. The quantitative estimate of drug-likeness (QED) is 0.574. The molecule has 2 N–H and O–H groups in total. The van der Waals surface area contributed by atoms with Crippen LogP contribution in [0.5, 0.6) is 0 Å². The van der Waals surface area contributed by atoms with Crippen molar-refractivity contribution < 1.29 is 9.90 Å². The van der Waals surface area contributed by atoms with E-state index in [2.05, 4.69) is 25.6 Å². The largest absolute Gasteiger partial charge is 0.465 e. The van der Waals surface area contributed by atoms with Gasteiger partial charge in [0, 0.05) is 34.2 Å². The van der Waals surface area contributed by atoms with Crippen molar-refractivity contribution in [1.29, 1.82) is 5.26 Å². The summed E-state index contributed by atoms with van der Waals surface area (Å²) in [4.78, 5) is 24.5. The van der Waals surface area contributed by atoms with Crippen molar-refractivity contribution in [3.63, 3.8) is 0 Å². The molecule has 8 nitrogen and oxygen atoms in total.